The number of hydrogen-bond donors (Lipinski definition) is 0. The number of aromatic nitrogens is 2. The molecule has 0 fully saturated rings. The van der Waals surface area contributed by atoms with Crippen LogP contribution in [0.5, 0.6) is 5.88 Å². The molecule has 0 radical (unpaired) electrons. The van der Waals surface area contributed by atoms with E-state index in [4.69, 9.17) is 4.74 Å². The fourth-order valence-electron chi connectivity index (χ4n) is 1.58. The van der Waals surface area contributed by atoms with Crippen LogP contribution in [-0.2, 0) is 16.6 Å². The van der Waals surface area contributed by atoms with E-state index in [0.717, 1.165) is 11.3 Å². The highest BCUT2D eigenvalue weighted by Crippen LogP contribution is 2.22. The van der Waals surface area contributed by atoms with Gasteiger partial charge in [0.1, 0.15) is 0 Å². The van der Waals surface area contributed by atoms with Gasteiger partial charge < -0.3 is 9.47 Å². The quantitative estimate of drug-likeness (QED) is 0.806. The van der Waals surface area contributed by atoms with Gasteiger partial charge >= 0.3 is 5.97 Å². The number of carbonyl (C=O) groups is 1. The van der Waals surface area contributed by atoms with Crippen LogP contribution < -0.4 is 4.74 Å². The van der Waals surface area contributed by atoms with E-state index < -0.39 is 5.97 Å². The van der Waals surface area contributed by atoms with Gasteiger partial charge in [-0.2, -0.15) is 0 Å². The van der Waals surface area contributed by atoms with Crippen LogP contribution in [0.1, 0.15) is 13.8 Å². The summed E-state index contributed by atoms with van der Waals surface area (Å²) in [7, 11) is 3.15. The number of esters is 1. The fraction of sp³-hybridized carbons (Fsp3) is 0.333. The Morgan fingerprint density at radius 3 is 2.50 bits per heavy atom. The Labute approximate surface area is 119 Å². The molecule has 5 heteroatoms. The maximum absolute atomic E-state index is 11.0. The zero-order valence-corrected chi connectivity index (χ0v) is 12.3. The van der Waals surface area contributed by atoms with E-state index in [2.05, 4.69) is 9.84 Å². The van der Waals surface area contributed by atoms with Crippen LogP contribution in [0.15, 0.2) is 36.4 Å². The van der Waals surface area contributed by atoms with Gasteiger partial charge in [-0.15, -0.1) is 5.10 Å². The summed E-state index contributed by atoms with van der Waals surface area (Å²) in [6.07, 6.45) is 0. The van der Waals surface area contributed by atoms with Crippen LogP contribution in [0.25, 0.3) is 11.3 Å². The third kappa shape index (κ3) is 4.12. The van der Waals surface area contributed by atoms with Crippen molar-refractivity contribution in [2.75, 3.05) is 13.7 Å². The number of hydrogen-bond acceptors (Lipinski definition) is 4. The Hall–Kier alpha value is -2.30. The molecular formula is C15H20N2O3. The molecule has 1 aromatic carbocycles. The van der Waals surface area contributed by atoms with E-state index in [1.54, 1.807) is 10.7 Å². The van der Waals surface area contributed by atoms with Crippen LogP contribution in [0.3, 0.4) is 0 Å². The van der Waals surface area contributed by atoms with Gasteiger partial charge in [0, 0.05) is 13.1 Å². The lowest BCUT2D eigenvalue weighted by Gasteiger charge is -1.99. The maximum Gasteiger partial charge on any atom is 0.343 e. The first-order valence-corrected chi connectivity index (χ1v) is 6.50. The zero-order valence-electron chi connectivity index (χ0n) is 12.3. The summed E-state index contributed by atoms with van der Waals surface area (Å²) in [5, 5.41) is 4.18. The van der Waals surface area contributed by atoms with Crippen molar-refractivity contribution < 1.29 is 14.3 Å². The number of aryl methyl sites for hydroxylation is 1. The minimum Gasteiger partial charge on any atom is -0.466 e. The summed E-state index contributed by atoms with van der Waals surface area (Å²) < 4.78 is 11.4. The van der Waals surface area contributed by atoms with Crippen molar-refractivity contribution in [1.82, 2.24) is 9.78 Å². The van der Waals surface area contributed by atoms with E-state index in [1.807, 2.05) is 51.2 Å². The van der Waals surface area contributed by atoms with Crippen molar-refractivity contribution in [2.45, 2.75) is 13.8 Å². The number of benzene rings is 1. The molecule has 108 valence electrons. The molecule has 0 amide bonds. The molecule has 0 saturated heterocycles. The van der Waals surface area contributed by atoms with Gasteiger partial charge in [-0.05, 0) is 5.56 Å². The zero-order chi connectivity index (χ0) is 15.0. The standard InChI is InChI=1S/C13H14N2O3.C2H6/c1-15-11(10-6-4-3-5-7-10)8-12(14-15)18-9-13(16)17-2;1-2/h3-8H,9H2,1-2H3;1-2H3. The average Bonchev–Trinajstić information content (AvgIpc) is 2.88. The highest BCUT2D eigenvalue weighted by Gasteiger charge is 2.09. The molecule has 2 aromatic rings. The van der Waals surface area contributed by atoms with Crippen LogP contribution in [0, 0.1) is 0 Å². The molecule has 0 unspecified atom stereocenters. The van der Waals surface area contributed by atoms with Gasteiger partial charge in [0.2, 0.25) is 5.88 Å². The van der Waals surface area contributed by atoms with Gasteiger partial charge in [-0.1, -0.05) is 44.2 Å². The Kier molecular flexibility index (Phi) is 6.29. The predicted molar refractivity (Wildman–Crippen MR) is 77.5 cm³/mol. The van der Waals surface area contributed by atoms with Gasteiger partial charge in [0.05, 0.1) is 12.8 Å². The summed E-state index contributed by atoms with van der Waals surface area (Å²) >= 11 is 0. The molecule has 1 aromatic heterocycles. The lowest BCUT2D eigenvalue weighted by Crippen LogP contribution is -2.12. The molecule has 2 rings (SSSR count). The summed E-state index contributed by atoms with van der Waals surface area (Å²) in [5.41, 5.74) is 1.97. The van der Waals surface area contributed by atoms with E-state index in [9.17, 15) is 4.79 Å². The molecule has 0 aliphatic carbocycles. The average molecular weight is 276 g/mol. The van der Waals surface area contributed by atoms with E-state index in [-0.39, 0.29) is 6.61 Å². The molecule has 0 bridgehead atoms. The Balaban J connectivity index is 0.000000956. The molecule has 5 nitrogen and oxygen atoms in total. The molecule has 0 spiro atoms. The Morgan fingerprint density at radius 1 is 1.25 bits per heavy atom. The van der Waals surface area contributed by atoms with E-state index >= 15 is 0 Å². The highest BCUT2D eigenvalue weighted by atomic mass is 16.6. The first kappa shape index (κ1) is 15.8. The highest BCUT2D eigenvalue weighted by molar-refractivity contribution is 5.71. The maximum atomic E-state index is 11.0. The van der Waals surface area contributed by atoms with Crippen molar-refractivity contribution in [3.63, 3.8) is 0 Å². The molecule has 0 saturated carbocycles. The monoisotopic (exact) mass is 276 g/mol. The van der Waals surface area contributed by atoms with E-state index in [0.29, 0.717) is 5.88 Å². The number of methoxy groups -OCH3 is 1. The molecular weight excluding hydrogens is 256 g/mol. The van der Waals surface area contributed by atoms with Crippen molar-refractivity contribution in [3.8, 4) is 17.1 Å². The predicted octanol–water partition coefficient (Wildman–Crippen LogP) is 2.67. The van der Waals surface area contributed by atoms with Gasteiger partial charge in [0.25, 0.3) is 0 Å². The second kappa shape index (κ2) is 7.99. The van der Waals surface area contributed by atoms with Crippen LogP contribution in [-0.4, -0.2) is 29.5 Å². The van der Waals surface area contributed by atoms with Crippen LogP contribution in [0.2, 0.25) is 0 Å². The van der Waals surface area contributed by atoms with Crippen molar-refractivity contribution in [2.24, 2.45) is 7.05 Å². The lowest BCUT2D eigenvalue weighted by atomic mass is 10.1. The van der Waals surface area contributed by atoms with Gasteiger partial charge in [0.15, 0.2) is 6.61 Å². The molecule has 1 heterocycles. The lowest BCUT2D eigenvalue weighted by molar-refractivity contribution is -0.143. The minimum atomic E-state index is -0.429. The van der Waals surface area contributed by atoms with E-state index in [1.165, 1.54) is 7.11 Å². The summed E-state index contributed by atoms with van der Waals surface area (Å²) in [5.74, 6) is -0.0244. The number of nitrogens with zero attached hydrogens (tertiary/aromatic N) is 2. The molecule has 0 atom stereocenters. The number of rotatable bonds is 4. The van der Waals surface area contributed by atoms with Gasteiger partial charge in [-0.3, -0.25) is 4.68 Å². The Morgan fingerprint density at radius 2 is 1.90 bits per heavy atom. The van der Waals surface area contributed by atoms with Crippen molar-refractivity contribution in [3.05, 3.63) is 36.4 Å². The molecule has 0 aliphatic rings. The van der Waals surface area contributed by atoms with Gasteiger partial charge in [-0.25, -0.2) is 4.79 Å². The SMILES string of the molecule is CC.COC(=O)COc1cc(-c2ccccc2)n(C)n1. The minimum absolute atomic E-state index is 0.137. The summed E-state index contributed by atoms with van der Waals surface area (Å²) in [6, 6.07) is 11.6. The first-order chi connectivity index (χ1) is 9.70. The van der Waals surface area contributed by atoms with Crippen molar-refractivity contribution in [1.29, 1.82) is 0 Å². The third-order valence-electron chi connectivity index (χ3n) is 2.49. The largest absolute Gasteiger partial charge is 0.466 e. The summed E-state index contributed by atoms with van der Waals surface area (Å²) in [6.45, 7) is 3.86. The first-order valence-electron chi connectivity index (χ1n) is 6.50. The third-order valence-corrected chi connectivity index (χ3v) is 2.49. The smallest absolute Gasteiger partial charge is 0.343 e. The fourth-order valence-corrected chi connectivity index (χ4v) is 1.58. The molecule has 0 N–H and O–H groups in total. The van der Waals surface area contributed by atoms with Crippen molar-refractivity contribution >= 4 is 5.97 Å². The Bertz CT molecular complexity index is 535. The molecule has 0 aliphatic heterocycles. The molecule has 20 heavy (non-hydrogen) atoms. The second-order valence-corrected chi connectivity index (χ2v) is 3.72. The second-order valence-electron chi connectivity index (χ2n) is 3.72. The topological polar surface area (TPSA) is 53.4 Å². The van der Waals surface area contributed by atoms with Crippen LogP contribution >= 0.6 is 0 Å². The number of ether oxygens (including phenoxy) is 2. The normalized spacial score (nSPS) is 9.40. The van der Waals surface area contributed by atoms with Crippen LogP contribution in [0.4, 0.5) is 0 Å². The number of carbonyl (C=O) groups excluding carboxylic acids is 1. The summed E-state index contributed by atoms with van der Waals surface area (Å²) in [4.78, 5) is 11.0.